The van der Waals surface area contributed by atoms with E-state index >= 15 is 0 Å². The number of anilines is 1. The molecule has 4 rings (SSSR count). The molecule has 13 nitrogen and oxygen atoms in total. The number of nitrogens with one attached hydrogen (secondary N) is 2. The van der Waals surface area contributed by atoms with Crippen molar-refractivity contribution in [3.8, 4) is 34.8 Å². The molecular weight excluding hydrogens is 554 g/mol. The Kier molecular flexibility index (Phi) is 6.67. The zero-order valence-corrected chi connectivity index (χ0v) is 21.1. The number of carboxylic acids is 1. The highest BCUT2D eigenvalue weighted by atomic mass is 32.2. The van der Waals surface area contributed by atoms with Crippen molar-refractivity contribution >= 4 is 48.8 Å². The van der Waals surface area contributed by atoms with Crippen molar-refractivity contribution in [3.05, 3.63) is 58.9 Å². The average Bonchev–Trinajstić information content (AvgIpc) is 2.83. The summed E-state index contributed by atoms with van der Waals surface area (Å²) in [6.45, 7) is -0.147. The Morgan fingerprint density at radius 1 is 1.00 bits per heavy atom. The molecule has 0 bridgehead atoms. The first kappa shape index (κ1) is 27.3. The Hall–Kier alpha value is -4.75. The van der Waals surface area contributed by atoms with Crippen LogP contribution in [0.25, 0.3) is 33.4 Å². The number of benzene rings is 3. The van der Waals surface area contributed by atoms with E-state index in [-0.39, 0.29) is 34.2 Å². The van der Waals surface area contributed by atoms with Crippen LogP contribution in [0.4, 0.5) is 5.69 Å². The number of hydrogen-bond donors (Lipinski definition) is 6. The van der Waals surface area contributed by atoms with E-state index in [4.69, 9.17) is 22.0 Å². The summed E-state index contributed by atoms with van der Waals surface area (Å²) in [6.07, 6.45) is 5.17. The number of nitrogens with two attached hydrogens (primary N) is 1. The van der Waals surface area contributed by atoms with Gasteiger partial charge < -0.3 is 20.6 Å². The third-order valence-electron chi connectivity index (χ3n) is 5.65. The first-order valence-electron chi connectivity index (χ1n) is 10.6. The van der Waals surface area contributed by atoms with Crippen molar-refractivity contribution in [2.75, 3.05) is 12.3 Å². The van der Waals surface area contributed by atoms with Crippen LogP contribution in [0.3, 0.4) is 0 Å². The van der Waals surface area contributed by atoms with Gasteiger partial charge in [-0.15, -0.1) is 6.42 Å². The number of nitrogen functional groups attached to an aromatic ring is 1. The molecule has 0 saturated carbocycles. The molecule has 2 aromatic carbocycles. The van der Waals surface area contributed by atoms with Crippen molar-refractivity contribution in [3.63, 3.8) is 0 Å². The fourth-order valence-electron chi connectivity index (χ4n) is 4.11. The van der Waals surface area contributed by atoms with Gasteiger partial charge in [0.2, 0.25) is 0 Å². The average molecular weight is 572 g/mol. The molecule has 200 valence electrons. The van der Waals surface area contributed by atoms with Gasteiger partial charge in [-0.1, -0.05) is 5.92 Å². The van der Waals surface area contributed by atoms with E-state index in [0.29, 0.717) is 0 Å². The van der Waals surface area contributed by atoms with Crippen LogP contribution < -0.4 is 16.4 Å². The van der Waals surface area contributed by atoms with Crippen molar-refractivity contribution in [2.45, 2.75) is 9.79 Å². The summed E-state index contributed by atoms with van der Waals surface area (Å²) >= 11 is 0. The van der Waals surface area contributed by atoms with Crippen LogP contribution in [0.15, 0.2) is 56.7 Å². The lowest BCUT2D eigenvalue weighted by Gasteiger charge is -2.20. The van der Waals surface area contributed by atoms with Gasteiger partial charge in [-0.2, -0.15) is 16.8 Å². The van der Waals surface area contributed by atoms with E-state index in [9.17, 15) is 40.6 Å². The molecule has 2 aromatic rings. The molecule has 1 aliphatic carbocycles. The molecule has 0 unspecified atom stereocenters. The molecule has 1 aliphatic heterocycles. The quantitative estimate of drug-likeness (QED) is 0.0844. The number of terminal acetylenes is 1. The molecule has 0 spiro atoms. The largest absolute Gasteiger partial charge is 0.478 e. The second-order valence-electron chi connectivity index (χ2n) is 8.06. The van der Waals surface area contributed by atoms with Crippen LogP contribution in [0.5, 0.6) is 0 Å². The van der Waals surface area contributed by atoms with E-state index in [1.165, 1.54) is 18.2 Å². The molecule has 0 saturated heterocycles. The number of carbonyl (C=O) groups excluding carboxylic acids is 1. The molecule has 1 heterocycles. The molecular formula is C24H17N3O10S2. The normalized spacial score (nSPS) is 11.8. The monoisotopic (exact) mass is 571 g/mol. The van der Waals surface area contributed by atoms with E-state index < -0.39 is 69.9 Å². The first-order valence-corrected chi connectivity index (χ1v) is 13.5. The number of amides is 1. The van der Waals surface area contributed by atoms with Gasteiger partial charge in [0.15, 0.2) is 21.1 Å². The molecule has 1 amide bonds. The van der Waals surface area contributed by atoms with Gasteiger partial charge in [-0.25, -0.2) is 4.79 Å². The second kappa shape index (κ2) is 9.53. The first-order chi connectivity index (χ1) is 18.2. The highest BCUT2D eigenvalue weighted by Crippen LogP contribution is 2.45. The minimum Gasteiger partial charge on any atom is -0.478 e. The predicted octanol–water partition coefficient (Wildman–Crippen LogP) is 1.82. The summed E-state index contributed by atoms with van der Waals surface area (Å²) in [5.74, 6) is -0.677. The summed E-state index contributed by atoms with van der Waals surface area (Å²) in [6, 6.07) is 7.93. The molecule has 0 atom stereocenters. The topological polar surface area (TPSA) is 238 Å². The van der Waals surface area contributed by atoms with Crippen molar-refractivity contribution in [1.82, 2.24) is 5.32 Å². The van der Waals surface area contributed by atoms with E-state index in [0.717, 1.165) is 24.3 Å². The van der Waals surface area contributed by atoms with Crippen LogP contribution in [-0.2, 0) is 20.2 Å². The standard InChI is InChI=1S/C24H17N3O10S2/c1-2-9-27-23(28)11-3-4-12(24(29)30)15(10-11)18-13-5-7-16(25)21(38(31,32)33)19(13)37-20-14(18)6-8-17(26)22(20)39(34,35)36/h1,3-8,10,25H,9,26H2,(H,27,28)(H,29,30)(H,31,32,33)(H,34,35,36). The lowest BCUT2D eigenvalue weighted by atomic mass is 9.89. The van der Waals surface area contributed by atoms with E-state index in [2.05, 4.69) is 11.2 Å². The summed E-state index contributed by atoms with van der Waals surface area (Å²) in [4.78, 5) is 22.8. The zero-order valence-electron chi connectivity index (χ0n) is 19.4. The maximum atomic E-state index is 12.6. The van der Waals surface area contributed by atoms with Crippen LogP contribution in [0.1, 0.15) is 20.7 Å². The molecule has 0 aromatic heterocycles. The lowest BCUT2D eigenvalue weighted by molar-refractivity contribution is 0.0697. The summed E-state index contributed by atoms with van der Waals surface area (Å²) in [7, 11) is -10.3. The SMILES string of the molecule is C#CCNC(=O)c1ccc(C(=O)O)c(-c2c3ccc(=N)c(S(=O)(=O)O)c-3oc3c(S(=O)(=O)O)c(N)ccc23)c1. The Bertz CT molecular complexity index is 2010. The highest BCUT2D eigenvalue weighted by Gasteiger charge is 2.32. The number of aromatic carboxylic acids is 1. The Morgan fingerprint density at radius 3 is 2.26 bits per heavy atom. The van der Waals surface area contributed by atoms with Gasteiger partial charge in [0.05, 0.1) is 23.2 Å². The number of fused-ring (bicyclic) bond motifs is 2. The number of carboxylic acid groups (broad SMARTS) is 1. The van der Waals surface area contributed by atoms with Gasteiger partial charge in [0.1, 0.15) is 0 Å². The Balaban J connectivity index is 2.31. The predicted molar refractivity (Wildman–Crippen MR) is 136 cm³/mol. The Labute approximate surface area is 220 Å². The number of hydrogen-bond acceptors (Lipinski definition) is 9. The number of carbonyl (C=O) groups is 2. The Morgan fingerprint density at radius 2 is 1.67 bits per heavy atom. The minimum absolute atomic E-state index is 0.0649. The minimum atomic E-state index is -5.17. The zero-order chi connectivity index (χ0) is 28.9. The van der Waals surface area contributed by atoms with Gasteiger partial charge in [0.25, 0.3) is 26.1 Å². The second-order valence-corrected chi connectivity index (χ2v) is 10.8. The third kappa shape index (κ3) is 4.80. The van der Waals surface area contributed by atoms with Gasteiger partial charge >= 0.3 is 5.97 Å². The molecule has 7 N–H and O–H groups in total. The fraction of sp³-hybridized carbons (Fsp3) is 0.0417. The smallest absolute Gasteiger partial charge is 0.336 e. The lowest BCUT2D eigenvalue weighted by Crippen LogP contribution is -2.23. The highest BCUT2D eigenvalue weighted by molar-refractivity contribution is 7.86. The van der Waals surface area contributed by atoms with Crippen LogP contribution in [0, 0.1) is 17.8 Å². The van der Waals surface area contributed by atoms with Crippen LogP contribution in [-0.4, -0.2) is 49.5 Å². The van der Waals surface area contributed by atoms with Crippen molar-refractivity contribution in [2.24, 2.45) is 0 Å². The molecule has 39 heavy (non-hydrogen) atoms. The van der Waals surface area contributed by atoms with Crippen molar-refractivity contribution in [1.29, 1.82) is 5.41 Å². The molecule has 2 aliphatic rings. The molecule has 0 fully saturated rings. The van der Waals surface area contributed by atoms with Gasteiger partial charge in [0, 0.05) is 22.1 Å². The van der Waals surface area contributed by atoms with E-state index in [1.54, 1.807) is 0 Å². The number of rotatable bonds is 6. The third-order valence-corrected chi connectivity index (χ3v) is 7.50. The van der Waals surface area contributed by atoms with Crippen LogP contribution in [0.2, 0.25) is 0 Å². The van der Waals surface area contributed by atoms with Gasteiger partial charge in [-0.05, 0) is 48.0 Å². The van der Waals surface area contributed by atoms with Gasteiger partial charge in [-0.3, -0.25) is 19.3 Å². The van der Waals surface area contributed by atoms with E-state index in [1.807, 2.05) is 0 Å². The maximum Gasteiger partial charge on any atom is 0.336 e. The fourth-order valence-corrected chi connectivity index (χ4v) is 5.59. The maximum absolute atomic E-state index is 12.6. The molecule has 0 radical (unpaired) electrons. The summed E-state index contributed by atoms with van der Waals surface area (Å²) < 4.78 is 74.4. The van der Waals surface area contributed by atoms with Crippen molar-refractivity contribution < 1.29 is 45.1 Å². The van der Waals surface area contributed by atoms with Crippen LogP contribution >= 0.6 is 0 Å². The molecule has 15 heteroatoms. The summed E-state index contributed by atoms with van der Waals surface area (Å²) in [5, 5.41) is 19.5. The summed E-state index contributed by atoms with van der Waals surface area (Å²) in [5.41, 5.74) is 3.57.